The maximum atomic E-state index is 12.9. The zero-order chi connectivity index (χ0) is 17.9. The Hall–Kier alpha value is -2.92. The predicted octanol–water partition coefficient (Wildman–Crippen LogP) is 2.73. The van der Waals surface area contributed by atoms with Crippen LogP contribution in [0.1, 0.15) is 15.9 Å². The topological polar surface area (TPSA) is 51.5 Å². The van der Waals surface area contributed by atoms with E-state index in [1.54, 1.807) is 22.9 Å². The largest absolute Gasteiger partial charge is 0.378 e. The van der Waals surface area contributed by atoms with Gasteiger partial charge in [0.25, 0.3) is 5.91 Å². The third kappa shape index (κ3) is 3.13. The lowest BCUT2D eigenvalue weighted by atomic mass is 10.1. The summed E-state index contributed by atoms with van der Waals surface area (Å²) in [6.45, 7) is 2.42. The number of aromatic nitrogens is 1. The number of amides is 1. The number of ether oxygens (including phenoxy) is 1. The molecule has 0 saturated carbocycles. The van der Waals surface area contributed by atoms with Crippen LogP contribution < -0.4 is 0 Å². The number of nitrogens with zero attached hydrogens (tertiary/aromatic N) is 2. The van der Waals surface area contributed by atoms with Crippen LogP contribution in [-0.2, 0) is 16.0 Å². The molecule has 5 nitrogen and oxygen atoms in total. The van der Waals surface area contributed by atoms with E-state index < -0.39 is 0 Å². The van der Waals surface area contributed by atoms with Gasteiger partial charge in [0.15, 0.2) is 0 Å². The van der Waals surface area contributed by atoms with Gasteiger partial charge in [-0.1, -0.05) is 36.4 Å². The van der Waals surface area contributed by atoms with E-state index in [0.29, 0.717) is 31.9 Å². The van der Waals surface area contributed by atoms with Crippen LogP contribution in [0.25, 0.3) is 10.9 Å². The van der Waals surface area contributed by atoms with Crippen molar-refractivity contribution < 1.29 is 14.3 Å². The number of morpholine rings is 1. The lowest BCUT2D eigenvalue weighted by Crippen LogP contribution is -2.41. The highest BCUT2D eigenvalue weighted by molar-refractivity contribution is 6.03. The zero-order valence-electron chi connectivity index (χ0n) is 14.4. The summed E-state index contributed by atoms with van der Waals surface area (Å²) in [7, 11) is 0. The fourth-order valence-corrected chi connectivity index (χ4v) is 3.37. The highest BCUT2D eigenvalue weighted by atomic mass is 16.5. The Kier molecular flexibility index (Phi) is 4.54. The number of hydrogen-bond acceptors (Lipinski definition) is 3. The third-order valence-electron chi connectivity index (χ3n) is 4.74. The van der Waals surface area contributed by atoms with E-state index in [-0.39, 0.29) is 18.2 Å². The van der Waals surface area contributed by atoms with Crippen molar-refractivity contribution in [2.45, 2.75) is 6.42 Å². The van der Waals surface area contributed by atoms with Gasteiger partial charge in [-0.2, -0.15) is 0 Å². The summed E-state index contributed by atoms with van der Waals surface area (Å²) in [6.07, 6.45) is 2.09. The summed E-state index contributed by atoms with van der Waals surface area (Å²) in [4.78, 5) is 27.4. The van der Waals surface area contributed by atoms with Crippen LogP contribution >= 0.6 is 0 Å². The van der Waals surface area contributed by atoms with E-state index >= 15 is 0 Å². The lowest BCUT2D eigenvalue weighted by Gasteiger charge is -2.26. The second-order valence-corrected chi connectivity index (χ2v) is 6.38. The molecule has 1 aliphatic heterocycles. The van der Waals surface area contributed by atoms with Crippen LogP contribution in [0.5, 0.6) is 0 Å². The maximum Gasteiger partial charge on any atom is 0.262 e. The van der Waals surface area contributed by atoms with Gasteiger partial charge in [0.2, 0.25) is 5.91 Å². The molecule has 0 spiro atoms. The molecule has 132 valence electrons. The van der Waals surface area contributed by atoms with E-state index in [0.717, 1.165) is 16.5 Å². The fourth-order valence-electron chi connectivity index (χ4n) is 3.37. The van der Waals surface area contributed by atoms with Gasteiger partial charge in [-0.05, 0) is 23.8 Å². The molecular weight excluding hydrogens is 328 g/mol. The number of para-hydroxylation sites is 1. The van der Waals surface area contributed by atoms with Crippen molar-refractivity contribution in [1.82, 2.24) is 9.47 Å². The van der Waals surface area contributed by atoms with E-state index in [1.165, 1.54) is 0 Å². The van der Waals surface area contributed by atoms with Crippen LogP contribution in [0.15, 0.2) is 60.8 Å². The Morgan fingerprint density at radius 2 is 1.62 bits per heavy atom. The summed E-state index contributed by atoms with van der Waals surface area (Å²) in [6, 6.07) is 16.9. The second-order valence-electron chi connectivity index (χ2n) is 6.38. The molecule has 5 heteroatoms. The molecule has 0 bridgehead atoms. The first-order valence-corrected chi connectivity index (χ1v) is 8.78. The number of fused-ring (bicyclic) bond motifs is 1. The van der Waals surface area contributed by atoms with Crippen LogP contribution in [-0.4, -0.2) is 47.6 Å². The molecule has 26 heavy (non-hydrogen) atoms. The zero-order valence-corrected chi connectivity index (χ0v) is 14.4. The van der Waals surface area contributed by atoms with E-state index in [2.05, 4.69) is 0 Å². The predicted molar refractivity (Wildman–Crippen MR) is 99.2 cm³/mol. The van der Waals surface area contributed by atoms with Crippen LogP contribution in [0.3, 0.4) is 0 Å². The van der Waals surface area contributed by atoms with Crippen molar-refractivity contribution in [3.63, 3.8) is 0 Å². The summed E-state index contributed by atoms with van der Waals surface area (Å²) in [5.41, 5.74) is 2.33. The van der Waals surface area contributed by atoms with Crippen LogP contribution in [0.4, 0.5) is 0 Å². The second kappa shape index (κ2) is 7.14. The van der Waals surface area contributed by atoms with Crippen molar-refractivity contribution in [2.24, 2.45) is 0 Å². The number of carbonyl (C=O) groups excluding carboxylic acids is 2. The summed E-state index contributed by atoms with van der Waals surface area (Å²) < 4.78 is 6.96. The molecular formula is C21H20N2O3. The Labute approximate surface area is 151 Å². The Morgan fingerprint density at radius 3 is 2.38 bits per heavy atom. The van der Waals surface area contributed by atoms with Gasteiger partial charge in [0, 0.05) is 30.2 Å². The standard InChI is InChI=1S/C21H20N2O3/c24-20(22-10-12-26-13-11-22)14-17-15-23(19-9-5-4-8-18(17)19)21(25)16-6-2-1-3-7-16/h1-9,15H,10-14H2. The molecule has 1 aromatic heterocycles. The summed E-state index contributed by atoms with van der Waals surface area (Å²) in [5, 5.41) is 0.943. The average Bonchev–Trinajstić information content (AvgIpc) is 3.07. The molecule has 3 aromatic rings. The van der Waals surface area contributed by atoms with Crippen molar-refractivity contribution in [3.8, 4) is 0 Å². The van der Waals surface area contributed by atoms with Crippen molar-refractivity contribution >= 4 is 22.7 Å². The lowest BCUT2D eigenvalue weighted by molar-refractivity contribution is -0.134. The first kappa shape index (κ1) is 16.5. The number of benzene rings is 2. The normalized spacial score (nSPS) is 14.5. The van der Waals surface area contributed by atoms with Crippen molar-refractivity contribution in [1.29, 1.82) is 0 Å². The molecule has 1 fully saturated rings. The van der Waals surface area contributed by atoms with Gasteiger partial charge in [-0.25, -0.2) is 0 Å². The van der Waals surface area contributed by atoms with Gasteiger partial charge in [-0.15, -0.1) is 0 Å². The SMILES string of the molecule is O=C(Cc1cn(C(=O)c2ccccc2)c2ccccc12)N1CCOCC1. The van der Waals surface area contributed by atoms with Gasteiger partial charge in [0.05, 0.1) is 25.2 Å². The third-order valence-corrected chi connectivity index (χ3v) is 4.74. The number of hydrogen-bond donors (Lipinski definition) is 0. The quantitative estimate of drug-likeness (QED) is 0.731. The molecule has 4 rings (SSSR count). The first-order valence-electron chi connectivity index (χ1n) is 8.78. The number of rotatable bonds is 3. The molecule has 1 aliphatic rings. The van der Waals surface area contributed by atoms with Crippen molar-refractivity contribution in [3.05, 3.63) is 71.9 Å². The molecule has 2 aromatic carbocycles. The van der Waals surface area contributed by atoms with Crippen molar-refractivity contribution in [2.75, 3.05) is 26.3 Å². The Bertz CT molecular complexity index is 940. The molecule has 0 unspecified atom stereocenters. The fraction of sp³-hybridized carbons (Fsp3) is 0.238. The molecule has 1 saturated heterocycles. The van der Waals surface area contributed by atoms with Gasteiger partial charge < -0.3 is 9.64 Å². The molecule has 0 atom stereocenters. The van der Waals surface area contributed by atoms with E-state index in [1.807, 2.05) is 47.4 Å². The van der Waals surface area contributed by atoms with Gasteiger partial charge in [-0.3, -0.25) is 14.2 Å². The number of carbonyl (C=O) groups is 2. The maximum absolute atomic E-state index is 12.9. The average molecular weight is 348 g/mol. The molecule has 1 amide bonds. The smallest absolute Gasteiger partial charge is 0.262 e. The minimum Gasteiger partial charge on any atom is -0.378 e. The summed E-state index contributed by atoms with van der Waals surface area (Å²) in [5.74, 6) is -0.0183. The first-order chi connectivity index (χ1) is 12.7. The highest BCUT2D eigenvalue weighted by Crippen LogP contribution is 2.23. The molecule has 2 heterocycles. The highest BCUT2D eigenvalue weighted by Gasteiger charge is 2.21. The minimum atomic E-state index is -0.0909. The van der Waals surface area contributed by atoms with Crippen LogP contribution in [0, 0.1) is 0 Å². The summed E-state index contributed by atoms with van der Waals surface area (Å²) >= 11 is 0. The monoisotopic (exact) mass is 348 g/mol. The Balaban J connectivity index is 1.68. The van der Waals surface area contributed by atoms with Gasteiger partial charge in [0.1, 0.15) is 0 Å². The molecule has 0 aliphatic carbocycles. The van der Waals surface area contributed by atoms with E-state index in [4.69, 9.17) is 4.74 Å². The van der Waals surface area contributed by atoms with Crippen LogP contribution in [0.2, 0.25) is 0 Å². The van der Waals surface area contributed by atoms with E-state index in [9.17, 15) is 9.59 Å². The molecule has 0 N–H and O–H groups in total. The Morgan fingerprint density at radius 1 is 0.923 bits per heavy atom. The van der Waals surface area contributed by atoms with Gasteiger partial charge >= 0.3 is 0 Å². The molecule has 0 radical (unpaired) electrons. The minimum absolute atomic E-state index is 0.0726.